The number of nitrogens with zero attached hydrogens (tertiary/aromatic N) is 2. The highest BCUT2D eigenvalue weighted by molar-refractivity contribution is 6.57. The Morgan fingerprint density at radius 2 is 2.19 bits per heavy atom. The van der Waals surface area contributed by atoms with Gasteiger partial charge in [-0.1, -0.05) is 6.07 Å². The average Bonchev–Trinajstić information content (AvgIpc) is 2.30. The fraction of sp³-hybridized carbons (Fsp3) is 0.545. The molecule has 5 heteroatoms. The van der Waals surface area contributed by atoms with E-state index in [1.807, 2.05) is 12.1 Å². The summed E-state index contributed by atoms with van der Waals surface area (Å²) in [5, 5.41) is 18.2. The normalized spacial score (nSPS) is 20.9. The Balaban J connectivity index is 2.21. The van der Waals surface area contributed by atoms with Gasteiger partial charge in [0, 0.05) is 12.6 Å². The Labute approximate surface area is 96.1 Å². The summed E-state index contributed by atoms with van der Waals surface area (Å²) in [7, 11) is -1.49. The molecular weight excluding hydrogens is 203 g/mol. The van der Waals surface area contributed by atoms with Crippen LogP contribution in [-0.4, -0.2) is 34.7 Å². The van der Waals surface area contributed by atoms with Crippen LogP contribution in [0.2, 0.25) is 0 Å². The Morgan fingerprint density at radius 1 is 1.38 bits per heavy atom. The predicted molar refractivity (Wildman–Crippen MR) is 64.7 cm³/mol. The second-order valence-corrected chi connectivity index (χ2v) is 4.33. The molecule has 1 saturated heterocycles. The summed E-state index contributed by atoms with van der Waals surface area (Å²) in [6, 6.07) is 5.85. The molecular formula is C11H17BN2O2. The molecule has 1 aromatic rings. The van der Waals surface area contributed by atoms with Crippen molar-refractivity contribution in [2.45, 2.75) is 32.2 Å². The molecule has 1 unspecified atom stereocenters. The molecule has 2 N–H and O–H groups in total. The van der Waals surface area contributed by atoms with E-state index in [0.717, 1.165) is 12.4 Å². The summed E-state index contributed by atoms with van der Waals surface area (Å²) in [5.74, 6) is 0.845. The van der Waals surface area contributed by atoms with Crippen LogP contribution in [0.3, 0.4) is 0 Å². The van der Waals surface area contributed by atoms with E-state index in [1.165, 1.54) is 19.3 Å². The quantitative estimate of drug-likeness (QED) is 0.696. The van der Waals surface area contributed by atoms with Crippen LogP contribution >= 0.6 is 0 Å². The minimum Gasteiger partial charge on any atom is -0.422 e. The third-order valence-corrected chi connectivity index (χ3v) is 3.12. The van der Waals surface area contributed by atoms with E-state index < -0.39 is 7.12 Å². The Bertz CT molecular complexity index is 360. The van der Waals surface area contributed by atoms with Crippen molar-refractivity contribution < 1.29 is 10.0 Å². The molecule has 1 aliphatic rings. The summed E-state index contributed by atoms with van der Waals surface area (Å²) < 4.78 is 0. The van der Waals surface area contributed by atoms with Gasteiger partial charge < -0.3 is 14.9 Å². The Hall–Kier alpha value is -1.07. The minimum absolute atomic E-state index is 0.315. The zero-order valence-corrected chi connectivity index (χ0v) is 9.50. The van der Waals surface area contributed by atoms with E-state index >= 15 is 0 Å². The average molecular weight is 220 g/mol. The van der Waals surface area contributed by atoms with Crippen LogP contribution in [0, 0.1) is 0 Å². The van der Waals surface area contributed by atoms with Crippen LogP contribution in [-0.2, 0) is 0 Å². The largest absolute Gasteiger partial charge is 0.508 e. The third kappa shape index (κ3) is 2.36. The first-order valence-corrected chi connectivity index (χ1v) is 5.78. The van der Waals surface area contributed by atoms with E-state index in [-0.39, 0.29) is 0 Å². The highest BCUT2D eigenvalue weighted by atomic mass is 16.4. The highest BCUT2D eigenvalue weighted by Gasteiger charge is 2.21. The molecule has 0 aliphatic carbocycles. The number of hydrogen-bond acceptors (Lipinski definition) is 4. The van der Waals surface area contributed by atoms with E-state index in [0.29, 0.717) is 11.6 Å². The third-order valence-electron chi connectivity index (χ3n) is 3.12. The van der Waals surface area contributed by atoms with Gasteiger partial charge in [0.2, 0.25) is 0 Å². The van der Waals surface area contributed by atoms with Crippen LogP contribution < -0.4 is 10.5 Å². The molecule has 1 fully saturated rings. The second kappa shape index (κ2) is 4.85. The monoisotopic (exact) mass is 220 g/mol. The van der Waals surface area contributed by atoms with Crippen LogP contribution in [0.25, 0.3) is 0 Å². The lowest BCUT2D eigenvalue weighted by Crippen LogP contribution is -2.40. The fourth-order valence-electron chi connectivity index (χ4n) is 2.18. The minimum atomic E-state index is -1.49. The molecule has 1 atom stereocenters. The number of hydrogen-bond donors (Lipinski definition) is 2. The van der Waals surface area contributed by atoms with Gasteiger partial charge in [0.15, 0.2) is 0 Å². The molecule has 0 aromatic carbocycles. The molecule has 0 bridgehead atoms. The van der Waals surface area contributed by atoms with E-state index in [4.69, 9.17) is 10.0 Å². The molecule has 86 valence electrons. The van der Waals surface area contributed by atoms with Gasteiger partial charge in [0.1, 0.15) is 5.82 Å². The zero-order chi connectivity index (χ0) is 11.5. The molecule has 2 heterocycles. The lowest BCUT2D eigenvalue weighted by atomic mass is 9.86. The van der Waals surface area contributed by atoms with Crippen molar-refractivity contribution in [1.29, 1.82) is 0 Å². The first-order valence-electron chi connectivity index (χ1n) is 5.78. The van der Waals surface area contributed by atoms with Gasteiger partial charge >= 0.3 is 7.12 Å². The number of pyridine rings is 1. The van der Waals surface area contributed by atoms with Gasteiger partial charge in [-0.3, -0.25) is 0 Å². The number of piperidine rings is 1. The first-order chi connectivity index (χ1) is 7.68. The van der Waals surface area contributed by atoms with Gasteiger partial charge in [0.05, 0.1) is 5.59 Å². The zero-order valence-electron chi connectivity index (χ0n) is 9.50. The van der Waals surface area contributed by atoms with Gasteiger partial charge in [-0.2, -0.15) is 0 Å². The van der Waals surface area contributed by atoms with Crippen molar-refractivity contribution in [2.75, 3.05) is 11.4 Å². The molecule has 0 radical (unpaired) electrons. The first kappa shape index (κ1) is 11.4. The number of anilines is 1. The summed E-state index contributed by atoms with van der Waals surface area (Å²) >= 11 is 0. The maximum Gasteiger partial charge on any atom is 0.508 e. The van der Waals surface area contributed by atoms with Crippen molar-refractivity contribution in [2.24, 2.45) is 0 Å². The smallest absolute Gasteiger partial charge is 0.422 e. The molecule has 2 rings (SSSR count). The van der Waals surface area contributed by atoms with Crippen molar-refractivity contribution in [3.8, 4) is 0 Å². The molecule has 16 heavy (non-hydrogen) atoms. The predicted octanol–water partition coefficient (Wildman–Crippen LogP) is 0.140. The number of aromatic nitrogens is 1. The van der Waals surface area contributed by atoms with Crippen LogP contribution in [0.5, 0.6) is 0 Å². The van der Waals surface area contributed by atoms with Crippen molar-refractivity contribution in [3.05, 3.63) is 18.2 Å². The molecule has 0 spiro atoms. The molecule has 1 aromatic heterocycles. The van der Waals surface area contributed by atoms with Gasteiger partial charge in [-0.25, -0.2) is 4.98 Å². The topological polar surface area (TPSA) is 56.6 Å². The van der Waals surface area contributed by atoms with E-state index in [9.17, 15) is 0 Å². The fourth-order valence-corrected chi connectivity index (χ4v) is 2.18. The Morgan fingerprint density at radius 3 is 2.88 bits per heavy atom. The summed E-state index contributed by atoms with van der Waals surface area (Å²) in [5.41, 5.74) is 0.315. The lowest BCUT2D eigenvalue weighted by Gasteiger charge is -2.34. The van der Waals surface area contributed by atoms with Gasteiger partial charge in [0.25, 0.3) is 0 Å². The highest BCUT2D eigenvalue weighted by Crippen LogP contribution is 2.21. The second-order valence-electron chi connectivity index (χ2n) is 4.33. The number of rotatable bonds is 2. The maximum atomic E-state index is 9.09. The van der Waals surface area contributed by atoms with Crippen molar-refractivity contribution in [3.63, 3.8) is 0 Å². The summed E-state index contributed by atoms with van der Waals surface area (Å²) in [6.45, 7) is 3.18. The van der Waals surface area contributed by atoms with Crippen LogP contribution in [0.1, 0.15) is 26.2 Å². The van der Waals surface area contributed by atoms with E-state index in [1.54, 1.807) is 6.07 Å². The summed E-state index contributed by atoms with van der Waals surface area (Å²) in [4.78, 5) is 6.50. The lowest BCUT2D eigenvalue weighted by molar-refractivity contribution is 0.424. The van der Waals surface area contributed by atoms with Crippen molar-refractivity contribution >= 4 is 18.5 Å². The van der Waals surface area contributed by atoms with Gasteiger partial charge in [-0.05, 0) is 38.3 Å². The van der Waals surface area contributed by atoms with Crippen LogP contribution in [0.15, 0.2) is 18.2 Å². The molecule has 0 amide bonds. The van der Waals surface area contributed by atoms with Gasteiger partial charge in [-0.15, -0.1) is 0 Å². The molecule has 4 nitrogen and oxygen atoms in total. The molecule has 1 aliphatic heterocycles. The standard InChI is InChI=1S/C11H17BN2O2/c1-9-5-2-3-8-14(9)11-7-4-6-10(13-11)12(15)16/h4,6-7,9,15-16H,2-3,5,8H2,1H3. The van der Waals surface area contributed by atoms with Crippen molar-refractivity contribution in [1.82, 2.24) is 4.98 Å². The SMILES string of the molecule is CC1CCCCN1c1cccc(B(O)O)n1. The summed E-state index contributed by atoms with van der Waals surface area (Å²) in [6.07, 6.45) is 3.62. The van der Waals surface area contributed by atoms with E-state index in [2.05, 4.69) is 16.8 Å². The Kier molecular flexibility index (Phi) is 3.46. The maximum absolute atomic E-state index is 9.09. The molecule has 0 saturated carbocycles. The van der Waals surface area contributed by atoms with Crippen LogP contribution in [0.4, 0.5) is 5.82 Å².